The minimum atomic E-state index is 0.349. The monoisotopic (exact) mass is 282 g/mol. The van der Waals surface area contributed by atoms with Crippen LogP contribution in [0, 0.1) is 0 Å². The first-order chi connectivity index (χ1) is 10.3. The average molecular weight is 282 g/mol. The Morgan fingerprint density at radius 3 is 1.43 bits per heavy atom. The maximum Gasteiger partial charge on any atom is 0.115 e. The first-order valence-electron chi connectivity index (χ1n) is 8.13. The number of aryl methyl sites for hydroxylation is 3. The van der Waals surface area contributed by atoms with Crippen molar-refractivity contribution in [2.24, 2.45) is 0 Å². The number of hydrogen-bond acceptors (Lipinski definition) is 1. The van der Waals surface area contributed by atoms with E-state index in [0.29, 0.717) is 5.75 Å². The van der Waals surface area contributed by atoms with Gasteiger partial charge in [0.05, 0.1) is 0 Å². The van der Waals surface area contributed by atoms with E-state index < -0.39 is 0 Å². The molecular formula is C20H26O. The van der Waals surface area contributed by atoms with Crippen molar-refractivity contribution in [3.8, 4) is 5.75 Å². The fraction of sp³-hybridized carbons (Fsp3) is 0.400. The van der Waals surface area contributed by atoms with Gasteiger partial charge in [0.15, 0.2) is 0 Å². The zero-order valence-electron chi connectivity index (χ0n) is 13.0. The van der Waals surface area contributed by atoms with E-state index in [1.165, 1.54) is 48.8 Å². The van der Waals surface area contributed by atoms with E-state index in [0.717, 1.165) is 12.8 Å². The highest BCUT2D eigenvalue weighted by atomic mass is 16.3. The van der Waals surface area contributed by atoms with Gasteiger partial charge in [0.2, 0.25) is 0 Å². The van der Waals surface area contributed by atoms with Crippen molar-refractivity contribution in [1.82, 2.24) is 0 Å². The van der Waals surface area contributed by atoms with Gasteiger partial charge in [-0.2, -0.15) is 0 Å². The molecule has 112 valence electrons. The van der Waals surface area contributed by atoms with Gasteiger partial charge in [0.1, 0.15) is 5.75 Å². The Bertz CT molecular complexity index is 511. The normalized spacial score (nSPS) is 10.7. The Morgan fingerprint density at radius 2 is 1.00 bits per heavy atom. The standard InChI is InChI=1S/C20H26O/c1-2-3-6-17-9-11-18(12-10-17)7-4-5-8-19-13-15-20(21)16-14-19/h9-16,21H,2-8H2,1H3. The molecule has 0 spiro atoms. The summed E-state index contributed by atoms with van der Waals surface area (Å²) in [4.78, 5) is 0. The Morgan fingerprint density at radius 1 is 0.619 bits per heavy atom. The molecule has 0 radical (unpaired) electrons. The third kappa shape index (κ3) is 5.63. The molecule has 0 saturated carbocycles. The van der Waals surface area contributed by atoms with Crippen molar-refractivity contribution in [2.45, 2.75) is 51.9 Å². The van der Waals surface area contributed by atoms with Crippen LogP contribution in [0.5, 0.6) is 5.75 Å². The van der Waals surface area contributed by atoms with Gasteiger partial charge in [-0.25, -0.2) is 0 Å². The largest absolute Gasteiger partial charge is 0.508 e. The maximum absolute atomic E-state index is 9.25. The zero-order valence-corrected chi connectivity index (χ0v) is 13.0. The second-order valence-corrected chi connectivity index (χ2v) is 5.79. The maximum atomic E-state index is 9.25. The van der Waals surface area contributed by atoms with Gasteiger partial charge < -0.3 is 5.11 Å². The van der Waals surface area contributed by atoms with Gasteiger partial charge in [-0.1, -0.05) is 49.7 Å². The second-order valence-electron chi connectivity index (χ2n) is 5.79. The number of unbranched alkanes of at least 4 members (excludes halogenated alkanes) is 2. The molecule has 0 fully saturated rings. The molecule has 0 aromatic heterocycles. The predicted octanol–water partition coefficient (Wildman–Crippen LogP) is 5.30. The summed E-state index contributed by atoms with van der Waals surface area (Å²) in [6, 6.07) is 16.7. The van der Waals surface area contributed by atoms with Crippen LogP contribution >= 0.6 is 0 Å². The van der Waals surface area contributed by atoms with Crippen LogP contribution in [0.2, 0.25) is 0 Å². The van der Waals surface area contributed by atoms with E-state index in [1.807, 2.05) is 12.1 Å². The molecular weight excluding hydrogens is 256 g/mol. The van der Waals surface area contributed by atoms with E-state index in [-0.39, 0.29) is 0 Å². The van der Waals surface area contributed by atoms with Crippen LogP contribution in [0.3, 0.4) is 0 Å². The summed E-state index contributed by atoms with van der Waals surface area (Å²) >= 11 is 0. The molecule has 0 aliphatic heterocycles. The van der Waals surface area contributed by atoms with Crippen molar-refractivity contribution in [3.05, 3.63) is 65.2 Å². The number of aromatic hydroxyl groups is 1. The lowest BCUT2D eigenvalue weighted by Crippen LogP contribution is -1.90. The summed E-state index contributed by atoms with van der Waals surface area (Å²) in [5.74, 6) is 0.349. The van der Waals surface area contributed by atoms with Crippen LogP contribution in [0.1, 0.15) is 49.3 Å². The fourth-order valence-corrected chi connectivity index (χ4v) is 2.57. The molecule has 2 aromatic carbocycles. The summed E-state index contributed by atoms with van der Waals surface area (Å²) in [6.45, 7) is 2.24. The molecule has 0 heterocycles. The highest BCUT2D eigenvalue weighted by Gasteiger charge is 1.97. The van der Waals surface area contributed by atoms with Crippen LogP contribution in [-0.4, -0.2) is 5.11 Å². The van der Waals surface area contributed by atoms with E-state index in [4.69, 9.17) is 0 Å². The first-order valence-corrected chi connectivity index (χ1v) is 8.13. The van der Waals surface area contributed by atoms with E-state index in [2.05, 4.69) is 31.2 Å². The molecule has 0 unspecified atom stereocenters. The molecule has 0 aliphatic carbocycles. The molecule has 1 N–H and O–H groups in total. The van der Waals surface area contributed by atoms with E-state index in [1.54, 1.807) is 12.1 Å². The third-order valence-corrected chi connectivity index (χ3v) is 3.96. The van der Waals surface area contributed by atoms with Gasteiger partial charge in [0.25, 0.3) is 0 Å². The third-order valence-electron chi connectivity index (χ3n) is 3.96. The Hall–Kier alpha value is -1.76. The molecule has 2 rings (SSSR count). The summed E-state index contributed by atoms with van der Waals surface area (Å²) < 4.78 is 0. The highest BCUT2D eigenvalue weighted by molar-refractivity contribution is 5.26. The number of hydrogen-bond donors (Lipinski definition) is 1. The SMILES string of the molecule is CCCCc1ccc(CCCCc2ccc(O)cc2)cc1. The van der Waals surface area contributed by atoms with Crippen LogP contribution in [0.25, 0.3) is 0 Å². The molecule has 1 heteroatoms. The smallest absolute Gasteiger partial charge is 0.115 e. The van der Waals surface area contributed by atoms with Gasteiger partial charge >= 0.3 is 0 Å². The van der Waals surface area contributed by atoms with Crippen molar-refractivity contribution >= 4 is 0 Å². The minimum Gasteiger partial charge on any atom is -0.508 e. The predicted molar refractivity (Wildman–Crippen MR) is 89.8 cm³/mol. The molecule has 2 aromatic rings. The molecule has 1 nitrogen and oxygen atoms in total. The van der Waals surface area contributed by atoms with E-state index >= 15 is 0 Å². The molecule has 0 aliphatic rings. The topological polar surface area (TPSA) is 20.2 Å². The Kier molecular flexibility index (Phi) is 6.33. The lowest BCUT2D eigenvalue weighted by Gasteiger charge is -2.05. The molecule has 21 heavy (non-hydrogen) atoms. The van der Waals surface area contributed by atoms with Crippen molar-refractivity contribution in [1.29, 1.82) is 0 Å². The van der Waals surface area contributed by atoms with E-state index in [9.17, 15) is 5.11 Å². The lowest BCUT2D eigenvalue weighted by atomic mass is 10.0. The van der Waals surface area contributed by atoms with Gasteiger partial charge in [0, 0.05) is 0 Å². The highest BCUT2D eigenvalue weighted by Crippen LogP contribution is 2.14. The average Bonchev–Trinajstić information content (AvgIpc) is 2.52. The summed E-state index contributed by atoms with van der Waals surface area (Å²) in [6.07, 6.45) is 8.42. The molecule has 0 saturated heterocycles. The lowest BCUT2D eigenvalue weighted by molar-refractivity contribution is 0.475. The van der Waals surface area contributed by atoms with Crippen molar-refractivity contribution in [2.75, 3.05) is 0 Å². The number of phenols is 1. The summed E-state index contributed by atoms with van der Waals surface area (Å²) in [5, 5.41) is 9.25. The summed E-state index contributed by atoms with van der Waals surface area (Å²) in [7, 11) is 0. The van der Waals surface area contributed by atoms with Crippen molar-refractivity contribution < 1.29 is 5.11 Å². The van der Waals surface area contributed by atoms with Crippen LogP contribution in [-0.2, 0) is 19.3 Å². The quantitative estimate of drug-likeness (QED) is 0.651. The number of phenolic OH excluding ortho intramolecular Hbond substituents is 1. The summed E-state index contributed by atoms with van der Waals surface area (Å²) in [5.41, 5.74) is 4.22. The Labute approximate surface area is 128 Å². The molecule has 0 bridgehead atoms. The van der Waals surface area contributed by atoms with Crippen LogP contribution < -0.4 is 0 Å². The fourth-order valence-electron chi connectivity index (χ4n) is 2.57. The number of benzene rings is 2. The Balaban J connectivity index is 1.69. The van der Waals surface area contributed by atoms with Crippen LogP contribution in [0.15, 0.2) is 48.5 Å². The van der Waals surface area contributed by atoms with Gasteiger partial charge in [-0.15, -0.1) is 0 Å². The van der Waals surface area contributed by atoms with Gasteiger partial charge in [-0.3, -0.25) is 0 Å². The first kappa shape index (κ1) is 15.6. The minimum absolute atomic E-state index is 0.349. The van der Waals surface area contributed by atoms with Gasteiger partial charge in [-0.05, 0) is 67.3 Å². The second kappa shape index (κ2) is 8.51. The van der Waals surface area contributed by atoms with Crippen LogP contribution in [0.4, 0.5) is 0 Å². The molecule has 0 atom stereocenters. The number of rotatable bonds is 8. The molecule has 0 amide bonds. The van der Waals surface area contributed by atoms with Crippen molar-refractivity contribution in [3.63, 3.8) is 0 Å². The zero-order chi connectivity index (χ0) is 14.9.